The van der Waals surface area contributed by atoms with Gasteiger partial charge >= 0.3 is 0 Å². The van der Waals surface area contributed by atoms with Crippen LogP contribution >= 0.6 is 34.7 Å². The predicted octanol–water partition coefficient (Wildman–Crippen LogP) is 4.38. The highest BCUT2D eigenvalue weighted by Crippen LogP contribution is 2.34. The maximum Gasteiger partial charge on any atom is 0.234 e. The van der Waals surface area contributed by atoms with E-state index >= 15 is 0 Å². The number of carbonyl (C=O) groups excluding carboxylic acids is 1. The van der Waals surface area contributed by atoms with E-state index in [1.54, 1.807) is 23.5 Å². The first kappa shape index (κ1) is 18.5. The van der Waals surface area contributed by atoms with Gasteiger partial charge in [-0.1, -0.05) is 40.8 Å². The Morgan fingerprint density at radius 1 is 1.33 bits per heavy atom. The number of aromatic nitrogens is 3. The van der Waals surface area contributed by atoms with Crippen molar-refractivity contribution in [1.29, 1.82) is 0 Å². The van der Waals surface area contributed by atoms with Crippen LogP contribution in [-0.4, -0.2) is 39.7 Å². The summed E-state index contributed by atoms with van der Waals surface area (Å²) in [6.45, 7) is 4.01. The minimum atomic E-state index is -0.0959. The van der Waals surface area contributed by atoms with Gasteiger partial charge < -0.3 is 10.2 Å². The average molecular weight is 420 g/mol. The van der Waals surface area contributed by atoms with Gasteiger partial charge in [0.05, 0.1) is 5.75 Å². The molecular weight excluding hydrogens is 402 g/mol. The Morgan fingerprint density at radius 2 is 2.15 bits per heavy atom. The minimum absolute atomic E-state index is 0.0959. The number of carbonyl (C=O) groups is 1. The van der Waals surface area contributed by atoms with Crippen LogP contribution in [0.1, 0.15) is 18.4 Å². The molecule has 0 bridgehead atoms. The topological polar surface area (TPSA) is 71.0 Å². The summed E-state index contributed by atoms with van der Waals surface area (Å²) >= 11 is 9.01. The normalized spacial score (nSPS) is 14.1. The third kappa shape index (κ3) is 4.17. The molecular formula is C18H18ClN5OS2. The fourth-order valence-electron chi connectivity index (χ4n) is 2.92. The largest absolute Gasteiger partial charge is 0.348 e. The highest BCUT2D eigenvalue weighted by molar-refractivity contribution is 8.00. The molecule has 9 heteroatoms. The number of thiazole rings is 1. The lowest BCUT2D eigenvalue weighted by molar-refractivity contribution is -0.113. The number of benzene rings is 1. The van der Waals surface area contributed by atoms with Gasteiger partial charge in [-0.2, -0.15) is 4.98 Å². The van der Waals surface area contributed by atoms with Crippen molar-refractivity contribution in [3.8, 4) is 0 Å². The minimum Gasteiger partial charge on any atom is -0.348 e. The monoisotopic (exact) mass is 419 g/mol. The summed E-state index contributed by atoms with van der Waals surface area (Å²) in [6.07, 6.45) is 3.91. The molecule has 1 fully saturated rings. The van der Waals surface area contributed by atoms with Crippen molar-refractivity contribution < 1.29 is 4.79 Å². The Hall–Kier alpha value is -1.90. The molecule has 0 aliphatic carbocycles. The predicted molar refractivity (Wildman–Crippen MR) is 112 cm³/mol. The quantitative estimate of drug-likeness (QED) is 0.488. The first-order valence-electron chi connectivity index (χ1n) is 8.65. The molecule has 0 spiro atoms. The lowest BCUT2D eigenvalue weighted by Gasteiger charge is -2.11. The first-order valence-corrected chi connectivity index (χ1v) is 10.8. The molecule has 0 unspecified atom stereocenters. The van der Waals surface area contributed by atoms with Gasteiger partial charge in [0, 0.05) is 23.8 Å². The number of rotatable bonds is 5. The van der Waals surface area contributed by atoms with Crippen molar-refractivity contribution in [3.63, 3.8) is 0 Å². The molecule has 27 heavy (non-hydrogen) atoms. The van der Waals surface area contributed by atoms with Crippen LogP contribution in [-0.2, 0) is 4.79 Å². The maximum absolute atomic E-state index is 12.4. The Morgan fingerprint density at radius 3 is 2.96 bits per heavy atom. The molecule has 1 saturated heterocycles. The fraction of sp³-hybridized carbons (Fsp3) is 0.333. The van der Waals surface area contributed by atoms with Crippen LogP contribution in [0, 0.1) is 6.92 Å². The van der Waals surface area contributed by atoms with Gasteiger partial charge in [-0.3, -0.25) is 4.79 Å². The van der Waals surface area contributed by atoms with E-state index in [0.717, 1.165) is 39.2 Å². The molecule has 2 aromatic heterocycles. The van der Waals surface area contributed by atoms with E-state index in [1.807, 2.05) is 13.0 Å². The van der Waals surface area contributed by atoms with Crippen molar-refractivity contribution in [2.24, 2.45) is 0 Å². The first-order chi connectivity index (χ1) is 13.1. The van der Waals surface area contributed by atoms with E-state index in [0.29, 0.717) is 10.7 Å². The lowest BCUT2D eigenvalue weighted by atomic mass is 10.2. The number of thioether (sulfide) groups is 1. The molecule has 4 rings (SSSR count). The molecule has 140 valence electrons. The fourth-order valence-corrected chi connectivity index (χ4v) is 5.03. The van der Waals surface area contributed by atoms with Crippen LogP contribution in [0.15, 0.2) is 29.6 Å². The van der Waals surface area contributed by atoms with Crippen LogP contribution in [0.2, 0.25) is 5.02 Å². The molecule has 1 N–H and O–H groups in total. The van der Waals surface area contributed by atoms with Gasteiger partial charge in [0.15, 0.2) is 10.8 Å². The molecule has 6 nitrogen and oxygen atoms in total. The van der Waals surface area contributed by atoms with Crippen molar-refractivity contribution in [3.05, 3.63) is 35.1 Å². The van der Waals surface area contributed by atoms with Crippen molar-refractivity contribution >= 4 is 61.8 Å². The molecule has 0 radical (unpaired) electrons. The van der Waals surface area contributed by atoms with Gasteiger partial charge in [-0.05, 0) is 37.5 Å². The molecule has 3 heterocycles. The van der Waals surface area contributed by atoms with Crippen LogP contribution in [0.25, 0.3) is 10.3 Å². The summed E-state index contributed by atoms with van der Waals surface area (Å²) in [5, 5.41) is 5.29. The molecule has 3 aromatic rings. The highest BCUT2D eigenvalue weighted by atomic mass is 35.5. The van der Waals surface area contributed by atoms with Gasteiger partial charge in [0.2, 0.25) is 5.91 Å². The standard InChI is InChI=1S/C18H18ClN5OS2/c1-11-4-5-12(19)8-13(11)22-14(25)9-26-17-15-16(20-10-21-17)23-18(27-15)24-6-2-3-7-24/h4-5,8,10H,2-3,6-7,9H2,1H3,(H,22,25). The number of hydrogen-bond acceptors (Lipinski definition) is 7. The second-order valence-corrected chi connectivity index (χ2v) is 8.70. The molecule has 1 amide bonds. The van der Waals surface area contributed by atoms with Gasteiger partial charge in [0.1, 0.15) is 16.1 Å². The SMILES string of the molecule is Cc1ccc(Cl)cc1NC(=O)CSc1ncnc2nc(N3CCCC3)sc12. The zero-order valence-corrected chi connectivity index (χ0v) is 17.1. The third-order valence-corrected chi connectivity index (χ3v) is 6.80. The lowest BCUT2D eigenvalue weighted by Crippen LogP contribution is -2.16. The maximum atomic E-state index is 12.4. The Balaban J connectivity index is 1.46. The van der Waals surface area contributed by atoms with Crippen molar-refractivity contribution in [2.75, 3.05) is 29.1 Å². The zero-order chi connectivity index (χ0) is 18.8. The Kier molecular flexibility index (Phi) is 5.47. The number of hydrogen-bond donors (Lipinski definition) is 1. The van der Waals surface area contributed by atoms with Gasteiger partial charge in [0.25, 0.3) is 0 Å². The third-order valence-electron chi connectivity index (χ3n) is 4.34. The van der Waals surface area contributed by atoms with Gasteiger partial charge in [-0.25, -0.2) is 9.97 Å². The van der Waals surface area contributed by atoms with Gasteiger partial charge in [-0.15, -0.1) is 0 Å². The van der Waals surface area contributed by atoms with Crippen LogP contribution in [0.5, 0.6) is 0 Å². The van der Waals surface area contributed by atoms with E-state index in [-0.39, 0.29) is 11.7 Å². The summed E-state index contributed by atoms with van der Waals surface area (Å²) < 4.78 is 0.941. The average Bonchev–Trinajstić information content (AvgIpc) is 3.32. The van der Waals surface area contributed by atoms with E-state index in [9.17, 15) is 4.79 Å². The number of nitrogens with zero attached hydrogens (tertiary/aromatic N) is 4. The zero-order valence-electron chi connectivity index (χ0n) is 14.7. The molecule has 0 atom stereocenters. The van der Waals surface area contributed by atoms with Crippen molar-refractivity contribution in [2.45, 2.75) is 24.8 Å². The molecule has 0 saturated carbocycles. The van der Waals surface area contributed by atoms with Crippen LogP contribution < -0.4 is 10.2 Å². The van der Waals surface area contributed by atoms with Crippen LogP contribution in [0.4, 0.5) is 10.8 Å². The number of halogens is 1. The Labute approximate surface area is 170 Å². The summed E-state index contributed by atoms with van der Waals surface area (Å²) in [7, 11) is 0. The van der Waals surface area contributed by atoms with Crippen molar-refractivity contribution in [1.82, 2.24) is 15.0 Å². The number of aryl methyl sites for hydroxylation is 1. The number of nitrogens with one attached hydrogen (secondary N) is 1. The summed E-state index contributed by atoms with van der Waals surface area (Å²) in [6, 6.07) is 5.45. The molecule has 1 aliphatic heterocycles. The molecule has 1 aliphatic rings. The number of anilines is 2. The smallest absolute Gasteiger partial charge is 0.234 e. The van der Waals surface area contributed by atoms with E-state index in [2.05, 4.69) is 25.2 Å². The second-order valence-electron chi connectivity index (χ2n) is 6.32. The number of fused-ring (bicyclic) bond motifs is 1. The van der Waals surface area contributed by atoms with Crippen LogP contribution in [0.3, 0.4) is 0 Å². The summed E-state index contributed by atoms with van der Waals surface area (Å²) in [4.78, 5) is 27.9. The highest BCUT2D eigenvalue weighted by Gasteiger charge is 2.19. The van der Waals surface area contributed by atoms with E-state index in [1.165, 1.54) is 30.9 Å². The molecule has 1 aromatic carbocycles. The van der Waals surface area contributed by atoms with E-state index in [4.69, 9.17) is 11.6 Å². The summed E-state index contributed by atoms with van der Waals surface area (Å²) in [5.41, 5.74) is 2.40. The number of amides is 1. The second kappa shape index (κ2) is 8.00. The summed E-state index contributed by atoms with van der Waals surface area (Å²) in [5.74, 6) is 0.163. The van der Waals surface area contributed by atoms with E-state index < -0.39 is 0 Å². The Bertz CT molecular complexity index is 987.